The highest BCUT2D eigenvalue weighted by atomic mass is 16.7. The number of Topliss-reactive ketones (excluding diaryl/α,β-unsaturated/α-hetero) is 1. The number of allylic oxidation sites excluding steroid dienone is 2. The average molecular weight is 1120 g/mol. The number of aromatic amines is 1. The number of methoxy groups -OCH3 is 1. The number of nitrogens with zero attached hydrogens (tertiary/aromatic N) is 1. The van der Waals surface area contributed by atoms with Crippen molar-refractivity contribution >= 4 is 45.0 Å². The summed E-state index contributed by atoms with van der Waals surface area (Å²) in [6, 6.07) is 7.80. The number of aromatic hydroxyl groups is 1. The topological polar surface area (TPSA) is 200 Å². The lowest BCUT2D eigenvalue weighted by atomic mass is 9.54. The number of carbonyl (C=O) groups is 2. The van der Waals surface area contributed by atoms with Gasteiger partial charge in [0.25, 0.3) is 5.91 Å². The lowest BCUT2D eigenvalue weighted by molar-refractivity contribution is -0.328. The Labute approximate surface area is 482 Å². The Morgan fingerprint density at radius 2 is 1.80 bits per heavy atom. The van der Waals surface area contributed by atoms with Crippen LogP contribution in [0.4, 0.5) is 0 Å². The maximum absolute atomic E-state index is 15.6. The number of rotatable bonds is 3. The van der Waals surface area contributed by atoms with Crippen molar-refractivity contribution in [3.8, 4) is 29.3 Å². The van der Waals surface area contributed by atoms with Crippen LogP contribution >= 0.6 is 0 Å². The van der Waals surface area contributed by atoms with E-state index in [0.29, 0.717) is 46.9 Å². The van der Waals surface area contributed by atoms with Crippen molar-refractivity contribution in [2.24, 2.45) is 23.2 Å². The fourth-order valence-corrected chi connectivity index (χ4v) is 19.9. The molecule has 5 fully saturated rings. The van der Waals surface area contributed by atoms with Crippen LogP contribution in [-0.4, -0.2) is 110 Å². The molecule has 0 radical (unpaired) electrons. The molecule has 14 heteroatoms. The molecule has 430 valence electrons. The predicted molar refractivity (Wildman–Crippen MR) is 308 cm³/mol. The van der Waals surface area contributed by atoms with Gasteiger partial charge in [0.2, 0.25) is 6.29 Å². The fourth-order valence-electron chi connectivity index (χ4n) is 19.9. The number of amides is 1. The van der Waals surface area contributed by atoms with Crippen molar-refractivity contribution in [2.45, 2.75) is 182 Å². The number of aryl methyl sites for hydroxylation is 2. The van der Waals surface area contributed by atoms with Crippen LogP contribution in [0.2, 0.25) is 0 Å². The number of phenols is 1. The van der Waals surface area contributed by atoms with Gasteiger partial charge < -0.3 is 59.1 Å². The minimum atomic E-state index is -2.47. The van der Waals surface area contributed by atoms with Crippen LogP contribution in [-0.2, 0) is 51.9 Å². The van der Waals surface area contributed by atoms with E-state index in [1.807, 2.05) is 18.2 Å². The molecule has 5 heterocycles. The van der Waals surface area contributed by atoms with Crippen LogP contribution in [0, 0.1) is 35.2 Å². The van der Waals surface area contributed by atoms with Crippen LogP contribution in [0.5, 0.6) is 17.2 Å². The van der Waals surface area contributed by atoms with Crippen molar-refractivity contribution in [3.63, 3.8) is 0 Å². The lowest BCUT2D eigenvalue weighted by Gasteiger charge is -2.52. The van der Waals surface area contributed by atoms with Crippen LogP contribution in [0.25, 0.3) is 33.3 Å². The predicted octanol–water partition coefficient (Wildman–Crippen LogP) is 9.61. The Hall–Kier alpha value is -6.18. The number of H-pyrrole nitrogens is 1. The molecule has 5 aromatic rings. The minimum Gasteiger partial charge on any atom is -0.506 e. The SMILES string of the molecule is COc1c2c3c4c(O)c(c5c6c4c1CCC6=CC1CCCC51)C(=O)CN1Cc4c(cccc4C1=O)CC#COC1C(O)C(COC(c4c[nH]c5cc6c7c(c45)CC4(CCCC4)CC4CC5CCCC5(O)CC74CC6)C=C2)OC(O3)C1(O)CO. The number of ketones is 1. The quantitative estimate of drug-likeness (QED) is 0.0937. The molecular weight excluding hydrogens is 1050 g/mol. The molecule has 2 spiro atoms. The molecule has 8 bridgehead atoms. The Balaban J connectivity index is 0.909. The number of aromatic nitrogens is 1. The Morgan fingerprint density at radius 1 is 0.916 bits per heavy atom. The van der Waals surface area contributed by atoms with Gasteiger partial charge in [-0.3, -0.25) is 9.59 Å². The van der Waals surface area contributed by atoms with Crippen molar-refractivity contribution < 1.29 is 58.8 Å². The van der Waals surface area contributed by atoms with E-state index < -0.39 is 54.3 Å². The van der Waals surface area contributed by atoms with Crippen LogP contribution in [0.1, 0.15) is 185 Å². The molecule has 17 rings (SSSR count). The van der Waals surface area contributed by atoms with Crippen molar-refractivity contribution in [3.05, 3.63) is 109 Å². The number of nitrogens with one attached hydrogen (secondary N) is 1. The van der Waals surface area contributed by atoms with Gasteiger partial charge in [0.05, 0.1) is 49.0 Å². The van der Waals surface area contributed by atoms with E-state index in [1.54, 1.807) is 24.1 Å². The second-order valence-corrected chi connectivity index (χ2v) is 27.4. The van der Waals surface area contributed by atoms with Gasteiger partial charge in [-0.25, -0.2) is 0 Å². The van der Waals surface area contributed by atoms with E-state index >= 15 is 4.79 Å². The van der Waals surface area contributed by atoms with E-state index in [9.17, 15) is 30.3 Å². The first kappa shape index (κ1) is 51.3. The van der Waals surface area contributed by atoms with Gasteiger partial charge >= 0.3 is 0 Å². The highest BCUT2D eigenvalue weighted by molar-refractivity contribution is 6.17. The molecule has 4 aliphatic heterocycles. The third kappa shape index (κ3) is 7.07. The average Bonchev–Trinajstić information content (AvgIpc) is 4.05. The van der Waals surface area contributed by atoms with Crippen LogP contribution in [0.15, 0.2) is 42.6 Å². The molecule has 1 amide bonds. The monoisotopic (exact) mass is 1120 g/mol. The smallest absolute Gasteiger partial charge is 0.254 e. The number of ether oxygens (including phenoxy) is 5. The molecule has 83 heavy (non-hydrogen) atoms. The summed E-state index contributed by atoms with van der Waals surface area (Å²) in [5, 5.41) is 65.2. The van der Waals surface area contributed by atoms with Gasteiger partial charge in [-0.15, -0.1) is 0 Å². The summed E-state index contributed by atoms with van der Waals surface area (Å²) < 4.78 is 34.0. The molecule has 6 N–H and O–H groups in total. The van der Waals surface area contributed by atoms with Crippen LogP contribution in [0.3, 0.4) is 0 Å². The molecule has 4 saturated carbocycles. The zero-order chi connectivity index (χ0) is 56.1. The highest BCUT2D eigenvalue weighted by Gasteiger charge is 2.63. The zero-order valence-corrected chi connectivity index (χ0v) is 47.1. The largest absolute Gasteiger partial charge is 0.506 e. The number of aliphatic hydroxyl groups is 4. The maximum atomic E-state index is 15.6. The lowest BCUT2D eigenvalue weighted by Crippen LogP contribution is -2.70. The highest BCUT2D eigenvalue weighted by Crippen LogP contribution is 2.67. The molecule has 8 aliphatic carbocycles. The summed E-state index contributed by atoms with van der Waals surface area (Å²) in [5.74, 6) is 3.52. The van der Waals surface area contributed by atoms with E-state index in [-0.39, 0.29) is 77.1 Å². The maximum Gasteiger partial charge on any atom is 0.254 e. The van der Waals surface area contributed by atoms with E-state index in [4.69, 9.17) is 23.7 Å². The summed E-state index contributed by atoms with van der Waals surface area (Å²) in [5.41, 5.74) is 9.10. The third-order valence-electron chi connectivity index (χ3n) is 23.5. The number of phenolic OH excluding ortho intramolecular Hbond substituents is 1. The van der Waals surface area contributed by atoms with Crippen molar-refractivity contribution in [1.29, 1.82) is 0 Å². The summed E-state index contributed by atoms with van der Waals surface area (Å²) in [6.45, 7) is -1.33. The standard InChI is InChI=1S/C69H72N2O12/c1-79-61-43-15-14-37-24-36-9-5-12-41(36)54-52(37)55(43)57-60(75)56(54)49(73)31-71-30-47-35(8-4-13-42(47)64(71)76)10-7-23-80-63-59(74)51-32-81-50(17-16-44(61)62(57)83-65(82-51)69(63,78)34-72)46-29-70-48-25-38-18-22-67-33-68(77)21-6-11-39(68)26-40(67)27-66(19-2-3-20-66)28-45(53(46)48)58(38)67/h4,8,13,16-17,24-25,29,36,39-41,50-51,59,63,65,70,72,74-75,77-78H,2-3,5-6,9-12,14-15,18-22,26-28,30-34H2,1H3. The molecule has 12 atom stereocenters. The van der Waals surface area contributed by atoms with Gasteiger partial charge in [0, 0.05) is 57.6 Å². The molecule has 1 aromatic heterocycles. The summed E-state index contributed by atoms with van der Waals surface area (Å²) >= 11 is 0. The van der Waals surface area contributed by atoms with E-state index in [1.165, 1.54) is 48.8 Å². The van der Waals surface area contributed by atoms with E-state index in [0.717, 1.165) is 120 Å². The number of carbonyl (C=O) groups excluding carboxylic acids is 2. The van der Waals surface area contributed by atoms with Crippen molar-refractivity contribution in [1.82, 2.24) is 9.88 Å². The number of hydrogen-bond donors (Lipinski definition) is 6. The van der Waals surface area contributed by atoms with Gasteiger partial charge in [0.15, 0.2) is 17.5 Å². The third-order valence-corrected chi connectivity index (χ3v) is 23.5. The van der Waals surface area contributed by atoms with Gasteiger partial charge in [-0.1, -0.05) is 55.9 Å². The summed E-state index contributed by atoms with van der Waals surface area (Å²) in [7, 11) is 1.62. The number of fused-ring (bicyclic) bond motifs is 10. The summed E-state index contributed by atoms with van der Waals surface area (Å²) in [6.07, 6.45) is 22.0. The van der Waals surface area contributed by atoms with Crippen molar-refractivity contribution in [2.75, 3.05) is 26.9 Å². The first-order valence-electron chi connectivity index (χ1n) is 31.1. The molecule has 14 nitrogen and oxygen atoms in total. The zero-order valence-electron chi connectivity index (χ0n) is 47.1. The van der Waals surface area contributed by atoms with Gasteiger partial charge in [0.1, 0.15) is 41.7 Å². The first-order valence-corrected chi connectivity index (χ1v) is 31.1. The molecule has 12 unspecified atom stereocenters. The van der Waals surface area contributed by atoms with Crippen LogP contribution < -0.4 is 9.47 Å². The fraction of sp³-hybridized carbons (Fsp3) is 0.536. The first-order chi connectivity index (χ1) is 40.3. The molecule has 12 aliphatic rings. The van der Waals surface area contributed by atoms with Gasteiger partial charge in [-0.2, -0.15) is 0 Å². The number of aliphatic hydroxyl groups excluding tert-OH is 2. The molecule has 4 aromatic carbocycles. The molecular formula is C69H72N2O12. The van der Waals surface area contributed by atoms with Gasteiger partial charge in [-0.05, 0) is 182 Å². The Bertz CT molecular complexity index is 3820. The van der Waals surface area contributed by atoms with E-state index in [2.05, 4.69) is 35.4 Å². The molecule has 1 saturated heterocycles. The Kier molecular flexibility index (Phi) is 11.2. The minimum absolute atomic E-state index is 0.0360. The number of hydrogen-bond acceptors (Lipinski definition) is 12. The Morgan fingerprint density at radius 3 is 2.65 bits per heavy atom. The number of benzene rings is 4. The normalized spacial score (nSPS) is 34.8. The second kappa shape index (κ2) is 18.2. The summed E-state index contributed by atoms with van der Waals surface area (Å²) in [4.78, 5) is 35.3. The second-order valence-electron chi connectivity index (χ2n) is 27.4.